The van der Waals surface area contributed by atoms with Gasteiger partial charge in [0.05, 0.1) is 6.54 Å². The molecule has 0 aromatic carbocycles. The minimum Gasteiger partial charge on any atom is -0.416 e. The van der Waals surface area contributed by atoms with Crippen molar-refractivity contribution in [1.29, 1.82) is 0 Å². The largest absolute Gasteiger partial charge is 0.470 e. The Kier molecular flexibility index (Phi) is 4.28. The van der Waals surface area contributed by atoms with Gasteiger partial charge < -0.3 is 4.42 Å². The highest BCUT2D eigenvalue weighted by Crippen LogP contribution is 2.35. The van der Waals surface area contributed by atoms with E-state index in [0.29, 0.717) is 12.1 Å². The van der Waals surface area contributed by atoms with Gasteiger partial charge in [0.25, 0.3) is 0 Å². The summed E-state index contributed by atoms with van der Waals surface area (Å²) in [5.74, 6) is -1.26. The molecule has 10 heteroatoms. The van der Waals surface area contributed by atoms with Crippen LogP contribution < -0.4 is 0 Å². The average molecular weight is 418 g/mol. The van der Waals surface area contributed by atoms with E-state index in [1.54, 1.807) is 6.20 Å². The molecule has 3 aliphatic rings. The standard InChI is InChI=1S/C15H15BrF3N5O/c16-10-1-9(3-20-4-10)5-23-6-11-2-12(7-23)24(11)8-13-21-22-14(25-13)15(17,18)19/h1,3-4,11-12H,2,5-8H2. The molecule has 0 aliphatic carbocycles. The van der Waals surface area contributed by atoms with Crippen LogP contribution in [0.5, 0.6) is 0 Å². The first-order valence-electron chi connectivity index (χ1n) is 7.85. The molecule has 3 fully saturated rings. The summed E-state index contributed by atoms with van der Waals surface area (Å²) in [6.45, 7) is 2.81. The number of alkyl halides is 3. The number of pyridine rings is 1. The highest BCUT2D eigenvalue weighted by atomic mass is 79.9. The van der Waals surface area contributed by atoms with E-state index < -0.39 is 12.1 Å². The van der Waals surface area contributed by atoms with Crippen LogP contribution >= 0.6 is 15.9 Å². The molecule has 5 heterocycles. The summed E-state index contributed by atoms with van der Waals surface area (Å²) in [6.07, 6.45) is 0.0523. The van der Waals surface area contributed by atoms with Crippen LogP contribution in [-0.2, 0) is 19.3 Å². The monoisotopic (exact) mass is 417 g/mol. The van der Waals surface area contributed by atoms with Crippen molar-refractivity contribution >= 4 is 15.9 Å². The number of fused-ring (bicyclic) bond motifs is 2. The molecule has 25 heavy (non-hydrogen) atoms. The smallest absolute Gasteiger partial charge is 0.416 e. The number of hydrogen-bond donors (Lipinski definition) is 0. The third kappa shape index (κ3) is 3.56. The Balaban J connectivity index is 1.35. The van der Waals surface area contributed by atoms with Gasteiger partial charge in [-0.25, -0.2) is 0 Å². The summed E-state index contributed by atoms with van der Waals surface area (Å²) in [7, 11) is 0. The SMILES string of the molecule is FC(F)(F)c1nnc(CN2C3CC2CN(Cc2cncc(Br)c2)C3)o1. The van der Waals surface area contributed by atoms with Gasteiger partial charge in [-0.05, 0) is 34.0 Å². The van der Waals surface area contributed by atoms with Gasteiger partial charge in [-0.15, -0.1) is 10.2 Å². The van der Waals surface area contributed by atoms with Gasteiger partial charge in [-0.1, -0.05) is 0 Å². The van der Waals surface area contributed by atoms with Crippen molar-refractivity contribution in [2.45, 2.75) is 37.8 Å². The summed E-state index contributed by atoms with van der Waals surface area (Å²) in [5.41, 5.74) is 1.13. The fourth-order valence-electron chi connectivity index (χ4n) is 3.55. The molecule has 134 valence electrons. The van der Waals surface area contributed by atoms with Gasteiger partial charge in [0.15, 0.2) is 0 Å². The van der Waals surface area contributed by atoms with E-state index in [2.05, 4.69) is 40.9 Å². The lowest BCUT2D eigenvalue weighted by atomic mass is 9.87. The maximum absolute atomic E-state index is 12.5. The lowest BCUT2D eigenvalue weighted by Crippen LogP contribution is -2.67. The molecule has 2 aromatic heterocycles. The van der Waals surface area contributed by atoms with Gasteiger partial charge in [-0.3, -0.25) is 14.8 Å². The molecule has 2 aromatic rings. The zero-order chi connectivity index (χ0) is 17.6. The molecule has 0 radical (unpaired) electrons. The van der Waals surface area contributed by atoms with Crippen LogP contribution in [0.4, 0.5) is 13.2 Å². The predicted octanol–water partition coefficient (Wildman–Crippen LogP) is 2.70. The van der Waals surface area contributed by atoms with E-state index in [1.807, 2.05) is 12.3 Å². The molecule has 5 rings (SSSR count). The Bertz CT molecular complexity index is 756. The number of hydrogen-bond acceptors (Lipinski definition) is 6. The number of piperidine rings is 1. The number of aromatic nitrogens is 3. The molecule has 2 bridgehead atoms. The molecule has 3 aliphatic heterocycles. The third-order valence-electron chi connectivity index (χ3n) is 4.61. The van der Waals surface area contributed by atoms with Crippen LogP contribution in [0.3, 0.4) is 0 Å². The Morgan fingerprint density at radius 3 is 2.56 bits per heavy atom. The van der Waals surface area contributed by atoms with Gasteiger partial charge in [0, 0.05) is 48.6 Å². The van der Waals surface area contributed by atoms with E-state index in [4.69, 9.17) is 4.42 Å². The van der Waals surface area contributed by atoms with Crippen LogP contribution in [0.25, 0.3) is 0 Å². The first-order valence-corrected chi connectivity index (χ1v) is 8.65. The second-order valence-electron chi connectivity index (χ2n) is 6.42. The first-order chi connectivity index (χ1) is 11.9. The van der Waals surface area contributed by atoms with E-state index in [0.717, 1.165) is 36.1 Å². The van der Waals surface area contributed by atoms with Crippen LogP contribution in [-0.4, -0.2) is 50.2 Å². The minimum absolute atomic E-state index is 0.0201. The molecule has 2 atom stereocenters. The van der Waals surface area contributed by atoms with E-state index in [-0.39, 0.29) is 12.4 Å². The lowest BCUT2D eigenvalue weighted by molar-refractivity contribution is -0.158. The molecule has 6 nitrogen and oxygen atoms in total. The van der Waals surface area contributed by atoms with Crippen LogP contribution in [0, 0.1) is 0 Å². The third-order valence-corrected chi connectivity index (χ3v) is 5.05. The molecule has 3 saturated heterocycles. The Hall–Kier alpha value is -1.52. The highest BCUT2D eigenvalue weighted by molar-refractivity contribution is 9.10. The molecule has 0 amide bonds. The maximum Gasteiger partial charge on any atom is 0.470 e. The zero-order valence-electron chi connectivity index (χ0n) is 13.1. The number of rotatable bonds is 4. The summed E-state index contributed by atoms with van der Waals surface area (Å²) in [6, 6.07) is 2.66. The summed E-state index contributed by atoms with van der Waals surface area (Å²) >= 11 is 3.42. The van der Waals surface area contributed by atoms with Crippen molar-refractivity contribution in [3.63, 3.8) is 0 Å². The fraction of sp³-hybridized carbons (Fsp3) is 0.533. The molecular formula is C15H15BrF3N5O. The number of nitrogens with zero attached hydrogens (tertiary/aromatic N) is 5. The Labute approximate surface area is 150 Å². The van der Waals surface area contributed by atoms with Crippen molar-refractivity contribution in [2.75, 3.05) is 13.1 Å². The average Bonchev–Trinajstić information content (AvgIpc) is 3.02. The van der Waals surface area contributed by atoms with Gasteiger partial charge in [0.2, 0.25) is 5.89 Å². The Morgan fingerprint density at radius 2 is 1.92 bits per heavy atom. The first kappa shape index (κ1) is 16.9. The second-order valence-corrected chi connectivity index (χ2v) is 7.34. The van der Waals surface area contributed by atoms with E-state index in [1.165, 1.54) is 0 Å². The molecule has 0 N–H and O–H groups in total. The fourth-order valence-corrected chi connectivity index (χ4v) is 3.96. The van der Waals surface area contributed by atoms with E-state index >= 15 is 0 Å². The van der Waals surface area contributed by atoms with Crippen molar-refractivity contribution in [3.05, 3.63) is 40.3 Å². The summed E-state index contributed by atoms with van der Waals surface area (Å²) in [4.78, 5) is 8.65. The quantitative estimate of drug-likeness (QED) is 0.762. The summed E-state index contributed by atoms with van der Waals surface area (Å²) in [5, 5.41) is 6.60. The Morgan fingerprint density at radius 1 is 1.16 bits per heavy atom. The highest BCUT2D eigenvalue weighted by Gasteiger charge is 2.45. The molecule has 2 unspecified atom stereocenters. The minimum atomic E-state index is -4.59. The van der Waals surface area contributed by atoms with Crippen molar-refractivity contribution in [2.24, 2.45) is 0 Å². The van der Waals surface area contributed by atoms with Crippen LogP contribution in [0.2, 0.25) is 0 Å². The number of halogens is 4. The van der Waals surface area contributed by atoms with Crippen LogP contribution in [0.1, 0.15) is 23.8 Å². The second kappa shape index (κ2) is 6.33. The topological polar surface area (TPSA) is 58.3 Å². The molecule has 0 spiro atoms. The summed E-state index contributed by atoms with van der Waals surface area (Å²) < 4.78 is 43.3. The van der Waals surface area contributed by atoms with E-state index in [9.17, 15) is 13.2 Å². The van der Waals surface area contributed by atoms with Crippen LogP contribution in [0.15, 0.2) is 27.3 Å². The van der Waals surface area contributed by atoms with Gasteiger partial charge >= 0.3 is 12.1 Å². The molecular weight excluding hydrogens is 403 g/mol. The normalized spacial score (nSPS) is 24.3. The lowest BCUT2D eigenvalue weighted by Gasteiger charge is -2.56. The van der Waals surface area contributed by atoms with Crippen molar-refractivity contribution in [1.82, 2.24) is 25.0 Å². The van der Waals surface area contributed by atoms with Gasteiger partial charge in [0.1, 0.15) is 0 Å². The number of piperazine rings is 1. The predicted molar refractivity (Wildman–Crippen MR) is 84.3 cm³/mol. The van der Waals surface area contributed by atoms with Crippen molar-refractivity contribution < 1.29 is 17.6 Å². The van der Waals surface area contributed by atoms with Gasteiger partial charge in [-0.2, -0.15) is 13.2 Å². The maximum atomic E-state index is 12.5. The van der Waals surface area contributed by atoms with Crippen molar-refractivity contribution in [3.8, 4) is 0 Å². The molecule has 0 saturated carbocycles. The zero-order valence-corrected chi connectivity index (χ0v) is 14.7.